The van der Waals surface area contributed by atoms with E-state index in [1.54, 1.807) is 12.1 Å². The molecule has 0 aromatic heterocycles. The maximum atomic E-state index is 5.78. The summed E-state index contributed by atoms with van der Waals surface area (Å²) in [5, 5.41) is 0.534. The lowest BCUT2D eigenvalue weighted by Gasteiger charge is -2.00. The predicted molar refractivity (Wildman–Crippen MR) is 42.0 cm³/mol. The van der Waals surface area contributed by atoms with Crippen LogP contribution in [0.2, 0.25) is 5.02 Å². The molecule has 0 atom stereocenters. The molecule has 58 valence electrons. The molecule has 0 fully saturated rings. The lowest BCUT2D eigenvalue weighted by molar-refractivity contribution is 0.174. The standard InChI is InChI=1S/C7H6ClNO2/c8-4-1-2-5(9)7-6(4)10-3-11-7/h1-2H,3,9H2. The van der Waals surface area contributed by atoms with Crippen LogP contribution >= 0.6 is 11.6 Å². The number of rotatable bonds is 0. The van der Waals surface area contributed by atoms with Gasteiger partial charge in [-0.3, -0.25) is 0 Å². The van der Waals surface area contributed by atoms with Gasteiger partial charge in [-0.15, -0.1) is 0 Å². The molecule has 0 saturated carbocycles. The Balaban J connectivity index is 2.64. The summed E-state index contributed by atoms with van der Waals surface area (Å²) in [5.74, 6) is 1.10. The monoisotopic (exact) mass is 171 g/mol. The number of hydrogen-bond acceptors (Lipinski definition) is 3. The quantitative estimate of drug-likeness (QED) is 0.604. The number of ether oxygens (including phenoxy) is 2. The Morgan fingerprint density at radius 3 is 2.73 bits per heavy atom. The maximum Gasteiger partial charge on any atom is 0.231 e. The SMILES string of the molecule is Nc1ccc(Cl)c2c1OCO2. The number of halogens is 1. The Labute approximate surface area is 68.7 Å². The zero-order chi connectivity index (χ0) is 7.84. The maximum absolute atomic E-state index is 5.78. The third kappa shape index (κ3) is 0.886. The summed E-state index contributed by atoms with van der Waals surface area (Å²) in [4.78, 5) is 0. The van der Waals surface area contributed by atoms with Gasteiger partial charge in [0.15, 0.2) is 11.5 Å². The first-order valence-corrected chi connectivity index (χ1v) is 3.50. The lowest BCUT2D eigenvalue weighted by atomic mass is 10.3. The van der Waals surface area contributed by atoms with Crippen LogP contribution < -0.4 is 15.2 Å². The molecular formula is C7H6ClNO2. The number of nitrogens with two attached hydrogens (primary N) is 1. The molecule has 0 unspecified atom stereocenters. The fourth-order valence-electron chi connectivity index (χ4n) is 0.985. The fraction of sp³-hybridized carbons (Fsp3) is 0.143. The normalized spacial score (nSPS) is 13.5. The van der Waals surface area contributed by atoms with Crippen LogP contribution in [0.5, 0.6) is 11.5 Å². The van der Waals surface area contributed by atoms with Crippen molar-refractivity contribution < 1.29 is 9.47 Å². The zero-order valence-corrected chi connectivity index (χ0v) is 6.39. The minimum Gasteiger partial charge on any atom is -0.452 e. The van der Waals surface area contributed by atoms with E-state index in [4.69, 9.17) is 26.8 Å². The molecule has 0 saturated heterocycles. The van der Waals surface area contributed by atoms with E-state index in [0.717, 1.165) is 0 Å². The van der Waals surface area contributed by atoms with Crippen LogP contribution in [-0.4, -0.2) is 6.79 Å². The Kier molecular flexibility index (Phi) is 1.32. The van der Waals surface area contributed by atoms with E-state index >= 15 is 0 Å². The van der Waals surface area contributed by atoms with Crippen molar-refractivity contribution in [1.82, 2.24) is 0 Å². The molecule has 0 radical (unpaired) electrons. The Hall–Kier alpha value is -1.09. The van der Waals surface area contributed by atoms with E-state index in [1.807, 2.05) is 0 Å². The smallest absolute Gasteiger partial charge is 0.231 e. The van der Waals surface area contributed by atoms with Crippen molar-refractivity contribution in [2.75, 3.05) is 12.5 Å². The van der Waals surface area contributed by atoms with E-state index in [-0.39, 0.29) is 6.79 Å². The lowest BCUT2D eigenvalue weighted by Crippen LogP contribution is -1.94. The molecule has 1 aliphatic rings. The average molecular weight is 172 g/mol. The second-order valence-corrected chi connectivity index (χ2v) is 2.61. The van der Waals surface area contributed by atoms with Crippen molar-refractivity contribution in [3.8, 4) is 11.5 Å². The topological polar surface area (TPSA) is 44.5 Å². The number of nitrogen functional groups attached to an aromatic ring is 1. The highest BCUT2D eigenvalue weighted by Gasteiger charge is 2.19. The first-order chi connectivity index (χ1) is 5.29. The summed E-state index contributed by atoms with van der Waals surface area (Å²) in [6.45, 7) is 0.198. The Bertz CT molecular complexity index is 272. The molecule has 1 aromatic rings. The van der Waals surface area contributed by atoms with Gasteiger partial charge in [0.25, 0.3) is 0 Å². The summed E-state index contributed by atoms with van der Waals surface area (Å²) in [6.07, 6.45) is 0. The molecule has 1 aliphatic heterocycles. The summed E-state index contributed by atoms with van der Waals surface area (Å²) < 4.78 is 10.2. The number of fused-ring (bicyclic) bond motifs is 1. The van der Waals surface area contributed by atoms with Gasteiger partial charge in [0.05, 0.1) is 10.7 Å². The van der Waals surface area contributed by atoms with Crippen LogP contribution in [0.25, 0.3) is 0 Å². The number of anilines is 1. The van der Waals surface area contributed by atoms with E-state index < -0.39 is 0 Å². The van der Waals surface area contributed by atoms with Crippen molar-refractivity contribution in [2.24, 2.45) is 0 Å². The van der Waals surface area contributed by atoms with Gasteiger partial charge in [-0.2, -0.15) is 0 Å². The first kappa shape index (κ1) is 6.61. The van der Waals surface area contributed by atoms with Crippen molar-refractivity contribution in [3.63, 3.8) is 0 Å². The van der Waals surface area contributed by atoms with Gasteiger partial charge in [0, 0.05) is 0 Å². The molecule has 1 aromatic carbocycles. The fourth-order valence-corrected chi connectivity index (χ4v) is 1.19. The minimum atomic E-state index is 0.198. The van der Waals surface area contributed by atoms with Crippen LogP contribution in [0.4, 0.5) is 5.69 Å². The Morgan fingerprint density at radius 2 is 2.00 bits per heavy atom. The molecule has 2 rings (SSSR count). The largest absolute Gasteiger partial charge is 0.452 e. The van der Waals surface area contributed by atoms with Crippen molar-refractivity contribution in [3.05, 3.63) is 17.2 Å². The third-order valence-corrected chi connectivity index (χ3v) is 1.80. The zero-order valence-electron chi connectivity index (χ0n) is 5.63. The number of hydrogen-bond donors (Lipinski definition) is 1. The molecule has 0 amide bonds. The molecule has 0 bridgehead atoms. The van der Waals surface area contributed by atoms with E-state index in [0.29, 0.717) is 22.2 Å². The Morgan fingerprint density at radius 1 is 1.27 bits per heavy atom. The molecule has 3 nitrogen and oxygen atoms in total. The van der Waals surface area contributed by atoms with Gasteiger partial charge in [-0.25, -0.2) is 0 Å². The second kappa shape index (κ2) is 2.20. The second-order valence-electron chi connectivity index (χ2n) is 2.20. The molecule has 11 heavy (non-hydrogen) atoms. The summed E-state index contributed by atoms with van der Waals surface area (Å²) in [7, 11) is 0. The van der Waals surface area contributed by atoms with Gasteiger partial charge in [0.2, 0.25) is 6.79 Å². The van der Waals surface area contributed by atoms with Gasteiger partial charge in [0.1, 0.15) is 0 Å². The van der Waals surface area contributed by atoms with E-state index in [9.17, 15) is 0 Å². The van der Waals surface area contributed by atoms with E-state index in [2.05, 4.69) is 0 Å². The third-order valence-electron chi connectivity index (χ3n) is 1.50. The van der Waals surface area contributed by atoms with Gasteiger partial charge < -0.3 is 15.2 Å². The van der Waals surface area contributed by atoms with Crippen molar-refractivity contribution in [2.45, 2.75) is 0 Å². The first-order valence-electron chi connectivity index (χ1n) is 3.12. The van der Waals surface area contributed by atoms with Gasteiger partial charge >= 0.3 is 0 Å². The molecule has 0 aliphatic carbocycles. The molecular weight excluding hydrogens is 166 g/mol. The molecule has 2 N–H and O–H groups in total. The summed E-state index contributed by atoms with van der Waals surface area (Å²) in [6, 6.07) is 3.38. The predicted octanol–water partition coefficient (Wildman–Crippen LogP) is 1.65. The highest BCUT2D eigenvalue weighted by atomic mass is 35.5. The van der Waals surface area contributed by atoms with Crippen LogP contribution in [0.3, 0.4) is 0 Å². The molecule has 1 heterocycles. The van der Waals surface area contributed by atoms with Crippen LogP contribution in [0.15, 0.2) is 12.1 Å². The van der Waals surface area contributed by atoms with Crippen LogP contribution in [0.1, 0.15) is 0 Å². The summed E-state index contributed by atoms with van der Waals surface area (Å²) >= 11 is 5.78. The highest BCUT2D eigenvalue weighted by molar-refractivity contribution is 6.32. The highest BCUT2D eigenvalue weighted by Crippen LogP contribution is 2.42. The van der Waals surface area contributed by atoms with E-state index in [1.165, 1.54) is 0 Å². The summed E-state index contributed by atoms with van der Waals surface area (Å²) in [5.41, 5.74) is 6.13. The van der Waals surface area contributed by atoms with Crippen molar-refractivity contribution >= 4 is 17.3 Å². The molecule has 4 heteroatoms. The van der Waals surface area contributed by atoms with Crippen LogP contribution in [0, 0.1) is 0 Å². The average Bonchev–Trinajstić information content (AvgIpc) is 2.45. The van der Waals surface area contributed by atoms with Crippen molar-refractivity contribution in [1.29, 1.82) is 0 Å². The van der Waals surface area contributed by atoms with Crippen LogP contribution in [-0.2, 0) is 0 Å². The minimum absolute atomic E-state index is 0.198. The molecule has 0 spiro atoms. The number of benzene rings is 1. The van der Waals surface area contributed by atoms with Gasteiger partial charge in [-0.1, -0.05) is 11.6 Å². The van der Waals surface area contributed by atoms with Gasteiger partial charge in [-0.05, 0) is 12.1 Å².